The number of halogens is 4. The summed E-state index contributed by atoms with van der Waals surface area (Å²) in [4.78, 5) is -0.461. The van der Waals surface area contributed by atoms with Crippen LogP contribution < -0.4 is 10.5 Å². The van der Waals surface area contributed by atoms with Crippen LogP contribution in [0.4, 0.5) is 24.5 Å². The average molecular weight is 381 g/mol. The number of benzene rings is 2. The van der Waals surface area contributed by atoms with Gasteiger partial charge in [0.1, 0.15) is 17.5 Å². The number of anilines is 2. The molecule has 2 aromatic carbocycles. The predicted octanol–water partition coefficient (Wildman–Crippen LogP) is 3.25. The minimum absolute atomic E-state index is 0.151. The van der Waals surface area contributed by atoms with Gasteiger partial charge in [0.25, 0.3) is 10.0 Å². The highest BCUT2D eigenvalue weighted by molar-refractivity contribution is 9.10. The van der Waals surface area contributed by atoms with Crippen LogP contribution in [0.5, 0.6) is 0 Å². The van der Waals surface area contributed by atoms with Gasteiger partial charge in [-0.1, -0.05) is 0 Å². The Morgan fingerprint density at radius 3 is 2.29 bits per heavy atom. The molecule has 4 nitrogen and oxygen atoms in total. The number of nitrogen functional groups attached to an aromatic ring is 1. The molecular formula is C12H8BrF3N2O2S. The Labute approximate surface area is 127 Å². The van der Waals surface area contributed by atoms with Crippen LogP contribution in [0.3, 0.4) is 0 Å². The van der Waals surface area contributed by atoms with Crippen molar-refractivity contribution in [3.63, 3.8) is 0 Å². The van der Waals surface area contributed by atoms with Gasteiger partial charge in [-0.2, -0.15) is 0 Å². The lowest BCUT2D eigenvalue weighted by Crippen LogP contribution is -2.14. The second-order valence-corrected chi connectivity index (χ2v) is 6.57. The first-order chi connectivity index (χ1) is 9.70. The SMILES string of the molecule is Nc1ccc(S(=O)(=O)Nc2cc(F)c(Br)cc2F)cc1F. The Hall–Kier alpha value is -1.74. The van der Waals surface area contributed by atoms with Crippen LogP contribution in [0.15, 0.2) is 39.7 Å². The van der Waals surface area contributed by atoms with Gasteiger partial charge in [0, 0.05) is 6.07 Å². The Kier molecular flexibility index (Phi) is 4.15. The molecule has 0 fully saturated rings. The molecule has 0 radical (unpaired) electrons. The molecule has 9 heteroatoms. The molecule has 0 spiro atoms. The average Bonchev–Trinajstić information content (AvgIpc) is 2.39. The normalized spacial score (nSPS) is 11.4. The van der Waals surface area contributed by atoms with E-state index < -0.39 is 38.1 Å². The van der Waals surface area contributed by atoms with Crippen molar-refractivity contribution in [1.82, 2.24) is 0 Å². The molecule has 0 aliphatic rings. The Bertz CT molecular complexity index is 812. The van der Waals surface area contributed by atoms with Crippen molar-refractivity contribution < 1.29 is 21.6 Å². The number of hydrogen-bond donors (Lipinski definition) is 2. The van der Waals surface area contributed by atoms with E-state index in [1.807, 2.05) is 4.72 Å². The van der Waals surface area contributed by atoms with E-state index in [9.17, 15) is 21.6 Å². The molecular weight excluding hydrogens is 373 g/mol. The lowest BCUT2D eigenvalue weighted by Gasteiger charge is -2.10. The lowest BCUT2D eigenvalue weighted by molar-refractivity contribution is 0.589. The van der Waals surface area contributed by atoms with Gasteiger partial charge in [-0.15, -0.1) is 0 Å². The van der Waals surface area contributed by atoms with Crippen LogP contribution >= 0.6 is 15.9 Å². The molecule has 0 unspecified atom stereocenters. The van der Waals surface area contributed by atoms with E-state index in [1.165, 1.54) is 0 Å². The van der Waals surface area contributed by atoms with Crippen LogP contribution in [0.25, 0.3) is 0 Å². The molecule has 21 heavy (non-hydrogen) atoms. The Balaban J connectivity index is 2.42. The summed E-state index contributed by atoms with van der Waals surface area (Å²) in [6.45, 7) is 0. The van der Waals surface area contributed by atoms with Crippen molar-refractivity contribution in [2.45, 2.75) is 4.90 Å². The Morgan fingerprint density at radius 1 is 1.00 bits per heavy atom. The van der Waals surface area contributed by atoms with Crippen molar-refractivity contribution in [2.24, 2.45) is 0 Å². The third-order valence-corrected chi connectivity index (χ3v) is 4.51. The zero-order valence-electron chi connectivity index (χ0n) is 10.2. The van der Waals surface area contributed by atoms with Crippen LogP contribution in [0.2, 0.25) is 0 Å². The molecule has 2 aromatic rings. The summed E-state index contributed by atoms with van der Waals surface area (Å²) in [5, 5.41) is 0. The summed E-state index contributed by atoms with van der Waals surface area (Å²) in [6.07, 6.45) is 0. The number of rotatable bonds is 3. The van der Waals surface area contributed by atoms with Gasteiger partial charge in [0.15, 0.2) is 0 Å². The van der Waals surface area contributed by atoms with Crippen LogP contribution in [0, 0.1) is 17.5 Å². The standard InChI is InChI=1S/C12H8BrF3N2O2S/c13-7-4-10(16)12(5-8(7)14)18-21(19,20)6-1-2-11(17)9(15)3-6/h1-5,18H,17H2. The minimum Gasteiger partial charge on any atom is -0.396 e. The van der Waals surface area contributed by atoms with Gasteiger partial charge in [0.2, 0.25) is 0 Å². The topological polar surface area (TPSA) is 72.2 Å². The van der Waals surface area contributed by atoms with E-state index >= 15 is 0 Å². The molecule has 0 saturated heterocycles. The van der Waals surface area contributed by atoms with Crippen molar-refractivity contribution >= 4 is 37.3 Å². The van der Waals surface area contributed by atoms with E-state index in [4.69, 9.17) is 5.73 Å². The molecule has 0 heterocycles. The zero-order valence-corrected chi connectivity index (χ0v) is 12.6. The molecule has 3 N–H and O–H groups in total. The molecule has 0 saturated carbocycles. The quantitative estimate of drug-likeness (QED) is 0.634. The summed E-state index contributed by atoms with van der Waals surface area (Å²) in [5.41, 5.74) is 4.42. The maximum absolute atomic E-state index is 13.6. The maximum atomic E-state index is 13.6. The molecule has 112 valence electrons. The lowest BCUT2D eigenvalue weighted by atomic mass is 10.3. The van der Waals surface area contributed by atoms with Gasteiger partial charge in [-0.05, 0) is 40.2 Å². The zero-order chi connectivity index (χ0) is 15.8. The smallest absolute Gasteiger partial charge is 0.262 e. The van der Waals surface area contributed by atoms with E-state index in [-0.39, 0.29) is 10.2 Å². The predicted molar refractivity (Wildman–Crippen MR) is 75.7 cm³/mol. The fourth-order valence-electron chi connectivity index (χ4n) is 1.48. The summed E-state index contributed by atoms with van der Waals surface area (Å²) in [5.74, 6) is -2.76. The van der Waals surface area contributed by atoms with Crippen molar-refractivity contribution in [1.29, 1.82) is 0 Å². The third kappa shape index (κ3) is 3.30. The maximum Gasteiger partial charge on any atom is 0.262 e. The highest BCUT2D eigenvalue weighted by atomic mass is 79.9. The van der Waals surface area contributed by atoms with Crippen LogP contribution in [-0.2, 0) is 10.0 Å². The van der Waals surface area contributed by atoms with E-state index in [2.05, 4.69) is 15.9 Å². The van der Waals surface area contributed by atoms with E-state index in [0.717, 1.165) is 18.2 Å². The largest absolute Gasteiger partial charge is 0.396 e. The van der Waals surface area contributed by atoms with Crippen molar-refractivity contribution in [2.75, 3.05) is 10.5 Å². The number of nitrogens with one attached hydrogen (secondary N) is 1. The summed E-state index contributed by atoms with van der Waals surface area (Å²) < 4.78 is 65.9. The molecule has 0 atom stereocenters. The van der Waals surface area contributed by atoms with Gasteiger partial charge in [-0.25, -0.2) is 21.6 Å². The van der Waals surface area contributed by atoms with Gasteiger partial charge in [0.05, 0.1) is 20.7 Å². The van der Waals surface area contributed by atoms with E-state index in [0.29, 0.717) is 12.1 Å². The number of nitrogens with two attached hydrogens (primary N) is 1. The summed E-state index contributed by atoms with van der Waals surface area (Å²) in [7, 11) is -4.27. The molecule has 0 aliphatic heterocycles. The minimum atomic E-state index is -4.27. The highest BCUT2D eigenvalue weighted by Crippen LogP contribution is 2.26. The summed E-state index contributed by atoms with van der Waals surface area (Å²) in [6, 6.07) is 4.24. The molecule has 2 rings (SSSR count). The molecule has 0 aliphatic carbocycles. The van der Waals surface area contributed by atoms with E-state index in [1.54, 1.807) is 0 Å². The fraction of sp³-hybridized carbons (Fsp3) is 0. The molecule has 0 aromatic heterocycles. The third-order valence-electron chi connectivity index (χ3n) is 2.54. The van der Waals surface area contributed by atoms with Crippen LogP contribution in [-0.4, -0.2) is 8.42 Å². The van der Waals surface area contributed by atoms with Gasteiger partial charge in [-0.3, -0.25) is 4.72 Å². The number of hydrogen-bond acceptors (Lipinski definition) is 3. The van der Waals surface area contributed by atoms with Gasteiger partial charge < -0.3 is 5.73 Å². The second kappa shape index (κ2) is 5.57. The number of sulfonamides is 1. The van der Waals surface area contributed by atoms with Crippen molar-refractivity contribution in [3.05, 3.63) is 52.3 Å². The second-order valence-electron chi connectivity index (χ2n) is 4.03. The van der Waals surface area contributed by atoms with Gasteiger partial charge >= 0.3 is 0 Å². The molecule has 0 bridgehead atoms. The fourth-order valence-corrected chi connectivity index (χ4v) is 2.86. The first-order valence-electron chi connectivity index (χ1n) is 5.43. The first-order valence-corrected chi connectivity index (χ1v) is 7.71. The highest BCUT2D eigenvalue weighted by Gasteiger charge is 2.19. The first kappa shape index (κ1) is 15.6. The monoisotopic (exact) mass is 380 g/mol. The summed E-state index contributed by atoms with van der Waals surface area (Å²) >= 11 is 2.77. The van der Waals surface area contributed by atoms with Crippen LogP contribution in [0.1, 0.15) is 0 Å². The molecule has 0 amide bonds. The van der Waals surface area contributed by atoms with Crippen molar-refractivity contribution in [3.8, 4) is 0 Å². The Morgan fingerprint density at radius 2 is 1.67 bits per heavy atom.